The van der Waals surface area contributed by atoms with Gasteiger partial charge in [-0.25, -0.2) is 0 Å². The number of hydrogen-bond acceptors (Lipinski definition) is 2. The fourth-order valence-electron chi connectivity index (χ4n) is 1.18. The van der Waals surface area contributed by atoms with E-state index < -0.39 is 40.0 Å². The van der Waals surface area contributed by atoms with Crippen molar-refractivity contribution >= 4 is 16.8 Å². The van der Waals surface area contributed by atoms with Gasteiger partial charge in [-0.05, 0) is 23.7 Å². The molecule has 0 aliphatic carbocycles. The van der Waals surface area contributed by atoms with Gasteiger partial charge >= 0.3 is 12.4 Å². The Morgan fingerprint density at radius 2 is 1.33 bits per heavy atom. The van der Waals surface area contributed by atoms with Crippen molar-refractivity contribution in [2.24, 2.45) is 0 Å². The Morgan fingerprint density at radius 3 is 1.56 bits per heavy atom. The van der Waals surface area contributed by atoms with Crippen LogP contribution in [0.1, 0.15) is 21.5 Å². The van der Waals surface area contributed by atoms with Crippen LogP contribution < -0.4 is 0 Å². The molecule has 100 valence electrons. The van der Waals surface area contributed by atoms with Crippen LogP contribution in [0.25, 0.3) is 0 Å². The van der Waals surface area contributed by atoms with Crippen LogP contribution in [0.15, 0.2) is 12.1 Å². The Morgan fingerprint density at radius 1 is 1.00 bits per heavy atom. The summed E-state index contributed by atoms with van der Waals surface area (Å²) in [5.41, 5.74) is -4.95. The fraction of sp³-hybridized carbons (Fsp3) is 0.222. The van der Waals surface area contributed by atoms with Gasteiger partial charge in [0, 0.05) is 5.56 Å². The van der Waals surface area contributed by atoms with E-state index in [0.717, 1.165) is 0 Å². The number of benzene rings is 1. The molecule has 0 bridgehead atoms. The maximum atomic E-state index is 12.4. The summed E-state index contributed by atoms with van der Waals surface area (Å²) in [6, 6.07) is 0.111. The first-order valence-electron chi connectivity index (χ1n) is 4.16. The van der Waals surface area contributed by atoms with Gasteiger partial charge in [-0.2, -0.15) is 26.3 Å². The van der Waals surface area contributed by atoms with E-state index in [1.165, 1.54) is 0 Å². The van der Waals surface area contributed by atoms with Crippen LogP contribution in [0.3, 0.4) is 0 Å². The van der Waals surface area contributed by atoms with E-state index in [2.05, 4.69) is 0 Å². The standard InChI is InChI=1S/C9H3ClF6O2/c10-7(18)3-1-4(8(11,12)13)6(17)5(2-3)9(14,15)16/h1-2,17H. The molecule has 0 amide bonds. The van der Waals surface area contributed by atoms with E-state index >= 15 is 0 Å². The third-order valence-electron chi connectivity index (χ3n) is 1.95. The lowest BCUT2D eigenvalue weighted by Gasteiger charge is -2.15. The number of aromatic hydroxyl groups is 1. The summed E-state index contributed by atoms with van der Waals surface area (Å²) in [6.45, 7) is 0. The molecule has 0 spiro atoms. The predicted molar refractivity (Wildman–Crippen MR) is 48.3 cm³/mol. The average molecular weight is 293 g/mol. The largest absolute Gasteiger partial charge is 0.507 e. The highest BCUT2D eigenvalue weighted by atomic mass is 35.5. The highest BCUT2D eigenvalue weighted by molar-refractivity contribution is 6.67. The molecule has 0 aromatic heterocycles. The van der Waals surface area contributed by atoms with Gasteiger partial charge in [-0.1, -0.05) is 0 Å². The highest BCUT2D eigenvalue weighted by Gasteiger charge is 2.42. The van der Waals surface area contributed by atoms with Gasteiger partial charge in [-0.3, -0.25) is 4.79 Å². The van der Waals surface area contributed by atoms with Crippen molar-refractivity contribution in [2.75, 3.05) is 0 Å². The van der Waals surface area contributed by atoms with Crippen LogP contribution in [-0.2, 0) is 12.4 Å². The van der Waals surface area contributed by atoms with Crippen molar-refractivity contribution in [2.45, 2.75) is 12.4 Å². The van der Waals surface area contributed by atoms with E-state index in [9.17, 15) is 31.1 Å². The maximum absolute atomic E-state index is 12.4. The molecule has 0 saturated carbocycles. The van der Waals surface area contributed by atoms with E-state index in [4.69, 9.17) is 16.7 Å². The first-order chi connectivity index (χ1) is 7.94. The van der Waals surface area contributed by atoms with Crippen LogP contribution in [0.5, 0.6) is 5.75 Å². The van der Waals surface area contributed by atoms with E-state index in [1.54, 1.807) is 0 Å². The van der Waals surface area contributed by atoms with Gasteiger partial charge < -0.3 is 5.11 Å². The normalized spacial score (nSPS) is 12.6. The van der Waals surface area contributed by atoms with Crippen LogP contribution in [0, 0.1) is 0 Å². The molecule has 18 heavy (non-hydrogen) atoms. The quantitative estimate of drug-likeness (QED) is 0.631. The Labute approximate surface area is 101 Å². The highest BCUT2D eigenvalue weighted by Crippen LogP contribution is 2.44. The summed E-state index contributed by atoms with van der Waals surface area (Å²) in [5.74, 6) is -1.99. The lowest BCUT2D eigenvalue weighted by atomic mass is 10.0. The molecule has 0 saturated heterocycles. The Balaban J connectivity index is 3.64. The minimum Gasteiger partial charge on any atom is -0.507 e. The summed E-state index contributed by atoms with van der Waals surface area (Å²) in [6.07, 6.45) is -10.5. The molecule has 0 radical (unpaired) electrons. The van der Waals surface area contributed by atoms with Crippen molar-refractivity contribution in [3.63, 3.8) is 0 Å². The summed E-state index contributed by atoms with van der Waals surface area (Å²) < 4.78 is 74.3. The van der Waals surface area contributed by atoms with Crippen molar-refractivity contribution in [1.29, 1.82) is 0 Å². The summed E-state index contributed by atoms with van der Waals surface area (Å²) >= 11 is 4.84. The van der Waals surface area contributed by atoms with Crippen LogP contribution in [-0.4, -0.2) is 10.3 Å². The number of carbonyl (C=O) groups is 1. The number of phenols is 1. The number of alkyl halides is 6. The van der Waals surface area contributed by atoms with Crippen LogP contribution in [0.4, 0.5) is 26.3 Å². The maximum Gasteiger partial charge on any atom is 0.419 e. The lowest BCUT2D eigenvalue weighted by Crippen LogP contribution is -2.13. The van der Waals surface area contributed by atoms with E-state index in [-0.39, 0.29) is 12.1 Å². The second kappa shape index (κ2) is 4.34. The third-order valence-corrected chi connectivity index (χ3v) is 2.17. The van der Waals surface area contributed by atoms with Gasteiger partial charge in [0.1, 0.15) is 5.75 Å². The van der Waals surface area contributed by atoms with Crippen molar-refractivity contribution < 1.29 is 36.2 Å². The molecular weight excluding hydrogens is 290 g/mol. The summed E-state index contributed by atoms with van der Waals surface area (Å²) in [7, 11) is 0. The van der Waals surface area contributed by atoms with Crippen molar-refractivity contribution in [3.05, 3.63) is 28.8 Å². The molecule has 1 aromatic carbocycles. The van der Waals surface area contributed by atoms with E-state index in [1.807, 2.05) is 0 Å². The van der Waals surface area contributed by atoms with Crippen LogP contribution in [0.2, 0.25) is 0 Å². The Bertz CT molecular complexity index is 456. The van der Waals surface area contributed by atoms with Gasteiger partial charge in [-0.15, -0.1) is 0 Å². The van der Waals surface area contributed by atoms with Gasteiger partial charge in [0.25, 0.3) is 5.24 Å². The smallest absolute Gasteiger partial charge is 0.419 e. The minimum atomic E-state index is -5.24. The second-order valence-corrected chi connectivity index (χ2v) is 3.53. The SMILES string of the molecule is O=C(Cl)c1cc(C(F)(F)F)c(O)c(C(F)(F)F)c1. The zero-order valence-electron chi connectivity index (χ0n) is 8.16. The Kier molecular flexibility index (Phi) is 3.53. The summed E-state index contributed by atoms with van der Waals surface area (Å²) in [4.78, 5) is 10.7. The Hall–Kier alpha value is -1.44. The van der Waals surface area contributed by atoms with Crippen molar-refractivity contribution in [1.82, 2.24) is 0 Å². The lowest BCUT2D eigenvalue weighted by molar-refractivity contribution is -0.145. The second-order valence-electron chi connectivity index (χ2n) is 3.19. The molecule has 9 heteroatoms. The molecular formula is C9H3ClF6O2. The molecule has 1 rings (SSSR count). The summed E-state index contributed by atoms with van der Waals surface area (Å²) in [5, 5.41) is 7.48. The molecule has 2 nitrogen and oxygen atoms in total. The molecule has 0 aliphatic heterocycles. The third kappa shape index (κ3) is 2.87. The zero-order chi connectivity index (χ0) is 14.3. The topological polar surface area (TPSA) is 37.3 Å². The molecule has 1 aromatic rings. The molecule has 0 fully saturated rings. The first-order valence-corrected chi connectivity index (χ1v) is 4.53. The minimum absolute atomic E-state index is 0.0555. The van der Waals surface area contributed by atoms with Gasteiger partial charge in [0.2, 0.25) is 0 Å². The van der Waals surface area contributed by atoms with Gasteiger partial charge in [0.05, 0.1) is 11.1 Å². The number of rotatable bonds is 1. The molecule has 1 N–H and O–H groups in total. The molecule has 0 aliphatic rings. The number of carbonyl (C=O) groups excluding carboxylic acids is 1. The first kappa shape index (κ1) is 14.6. The average Bonchev–Trinajstić information content (AvgIpc) is 2.13. The van der Waals surface area contributed by atoms with Crippen molar-refractivity contribution in [3.8, 4) is 5.75 Å². The predicted octanol–water partition coefficient (Wildman–Crippen LogP) is 3.81. The number of halogens is 7. The number of hydrogen-bond donors (Lipinski definition) is 1. The fourth-order valence-corrected chi connectivity index (χ4v) is 1.29. The molecule has 0 heterocycles. The zero-order valence-corrected chi connectivity index (χ0v) is 8.91. The van der Waals surface area contributed by atoms with Crippen LogP contribution >= 0.6 is 11.6 Å². The number of phenolic OH excluding ortho intramolecular Hbond substituents is 1. The monoisotopic (exact) mass is 292 g/mol. The van der Waals surface area contributed by atoms with E-state index in [0.29, 0.717) is 0 Å². The van der Waals surface area contributed by atoms with Gasteiger partial charge in [0.15, 0.2) is 0 Å². The molecule has 0 atom stereocenters. The molecule has 0 unspecified atom stereocenters.